The second-order valence-electron chi connectivity index (χ2n) is 7.50. The number of hydrogen-bond donors (Lipinski definition) is 2. The SMILES string of the molecule is C/N=c1\[nH]/c(=N\C)c2c3cccc4c5/c(=N/C)[nH]/c(=N\C)c5c5cccc(c12)c5c34. The molecule has 0 aliphatic rings. The average Bonchev–Trinajstić information content (AvgIpc) is 3.37. The zero-order valence-corrected chi connectivity index (χ0v) is 17.3. The molecule has 0 aliphatic heterocycles. The highest BCUT2D eigenvalue weighted by Crippen LogP contribution is 2.41. The number of nitrogens with zero attached hydrogens (tertiary/aromatic N) is 4. The van der Waals surface area contributed by atoms with E-state index in [0.29, 0.717) is 0 Å². The number of benzene rings is 4. The van der Waals surface area contributed by atoms with Crippen molar-refractivity contribution in [1.29, 1.82) is 0 Å². The van der Waals surface area contributed by atoms with E-state index in [1.54, 1.807) is 0 Å². The zero-order valence-electron chi connectivity index (χ0n) is 17.3. The minimum atomic E-state index is 0.861. The normalized spacial score (nSPS) is 15.5. The van der Waals surface area contributed by atoms with E-state index in [1.165, 1.54) is 32.3 Å². The summed E-state index contributed by atoms with van der Waals surface area (Å²) < 4.78 is 0. The molecule has 0 bridgehead atoms. The van der Waals surface area contributed by atoms with E-state index in [9.17, 15) is 0 Å². The molecule has 2 N–H and O–H groups in total. The van der Waals surface area contributed by atoms with Gasteiger partial charge < -0.3 is 9.97 Å². The monoisotopic (exact) mass is 392 g/mol. The molecule has 6 nitrogen and oxygen atoms in total. The molecule has 4 aromatic carbocycles. The summed E-state index contributed by atoms with van der Waals surface area (Å²) in [6.45, 7) is 0. The molecule has 6 rings (SSSR count). The van der Waals surface area contributed by atoms with Crippen molar-refractivity contribution in [3.63, 3.8) is 0 Å². The quantitative estimate of drug-likeness (QED) is 0.373. The zero-order chi connectivity index (χ0) is 20.6. The van der Waals surface area contributed by atoms with Crippen molar-refractivity contribution in [2.24, 2.45) is 20.0 Å². The van der Waals surface area contributed by atoms with Crippen LogP contribution in [0.15, 0.2) is 56.4 Å². The first kappa shape index (κ1) is 17.1. The van der Waals surface area contributed by atoms with Crippen LogP contribution in [0.4, 0.5) is 0 Å². The lowest BCUT2D eigenvalue weighted by Crippen LogP contribution is -2.09. The molecule has 0 fully saturated rings. The Morgan fingerprint density at radius 1 is 0.433 bits per heavy atom. The number of rotatable bonds is 0. The molecule has 0 saturated carbocycles. The minimum Gasteiger partial charge on any atom is -0.324 e. The first-order valence-corrected chi connectivity index (χ1v) is 9.92. The fourth-order valence-corrected chi connectivity index (χ4v) is 5.14. The van der Waals surface area contributed by atoms with Gasteiger partial charge in [-0.15, -0.1) is 0 Å². The summed E-state index contributed by atoms with van der Waals surface area (Å²) in [6, 6.07) is 13.0. The lowest BCUT2D eigenvalue weighted by Gasteiger charge is -2.14. The van der Waals surface area contributed by atoms with E-state index in [1.807, 2.05) is 28.2 Å². The van der Waals surface area contributed by atoms with Crippen LogP contribution in [0.25, 0.3) is 53.9 Å². The van der Waals surface area contributed by atoms with Gasteiger partial charge in [-0.1, -0.05) is 36.4 Å². The second kappa shape index (κ2) is 5.86. The van der Waals surface area contributed by atoms with E-state index in [4.69, 9.17) is 0 Å². The Morgan fingerprint density at radius 3 is 0.933 bits per heavy atom. The van der Waals surface area contributed by atoms with Crippen molar-refractivity contribution in [2.45, 2.75) is 0 Å². The Kier molecular flexibility index (Phi) is 3.34. The van der Waals surface area contributed by atoms with Gasteiger partial charge in [0.05, 0.1) is 0 Å². The Morgan fingerprint density at radius 2 is 0.700 bits per heavy atom. The van der Waals surface area contributed by atoms with Gasteiger partial charge in [-0.25, -0.2) is 0 Å². The molecule has 0 amide bonds. The van der Waals surface area contributed by atoms with Gasteiger partial charge in [0.1, 0.15) is 22.0 Å². The third-order valence-electron chi connectivity index (χ3n) is 6.27. The number of aromatic nitrogens is 2. The molecule has 30 heavy (non-hydrogen) atoms. The smallest absolute Gasteiger partial charge is 0.135 e. The minimum absolute atomic E-state index is 0.861. The summed E-state index contributed by atoms with van der Waals surface area (Å²) in [5, 5.41) is 11.7. The van der Waals surface area contributed by atoms with Gasteiger partial charge >= 0.3 is 0 Å². The van der Waals surface area contributed by atoms with Crippen molar-refractivity contribution >= 4 is 53.9 Å². The van der Waals surface area contributed by atoms with Gasteiger partial charge in [0, 0.05) is 49.7 Å². The molecule has 0 atom stereocenters. The third-order valence-corrected chi connectivity index (χ3v) is 6.27. The molecule has 6 aromatic rings. The first-order chi connectivity index (χ1) is 14.7. The van der Waals surface area contributed by atoms with Crippen molar-refractivity contribution in [3.8, 4) is 0 Å². The Labute approximate surface area is 170 Å². The molecular formula is C24H20N6. The largest absolute Gasteiger partial charge is 0.324 e. The molecule has 0 radical (unpaired) electrons. The number of fused-ring (bicyclic) bond motifs is 6. The van der Waals surface area contributed by atoms with Gasteiger partial charge in [-0.05, 0) is 32.3 Å². The molecule has 0 unspecified atom stereocenters. The van der Waals surface area contributed by atoms with Crippen molar-refractivity contribution in [3.05, 3.63) is 58.3 Å². The molecule has 146 valence electrons. The highest BCUT2D eigenvalue weighted by atomic mass is 14.9. The van der Waals surface area contributed by atoms with E-state index in [0.717, 1.165) is 43.5 Å². The Bertz CT molecular complexity index is 1620. The van der Waals surface area contributed by atoms with Gasteiger partial charge in [0.2, 0.25) is 0 Å². The predicted molar refractivity (Wildman–Crippen MR) is 122 cm³/mol. The van der Waals surface area contributed by atoms with E-state index in [2.05, 4.69) is 66.3 Å². The maximum absolute atomic E-state index is 4.53. The lowest BCUT2D eigenvalue weighted by atomic mass is 9.88. The summed E-state index contributed by atoms with van der Waals surface area (Å²) in [4.78, 5) is 25.0. The molecule has 0 aliphatic carbocycles. The summed E-state index contributed by atoms with van der Waals surface area (Å²) in [6.07, 6.45) is 0. The van der Waals surface area contributed by atoms with Crippen LogP contribution in [0.2, 0.25) is 0 Å². The van der Waals surface area contributed by atoms with E-state index in [-0.39, 0.29) is 0 Å². The van der Waals surface area contributed by atoms with Crippen LogP contribution in [0, 0.1) is 0 Å². The van der Waals surface area contributed by atoms with Crippen molar-refractivity contribution < 1.29 is 0 Å². The maximum Gasteiger partial charge on any atom is 0.135 e. The third kappa shape index (κ3) is 1.84. The molecule has 0 spiro atoms. The summed E-state index contributed by atoms with van der Waals surface area (Å²) in [5.41, 5.74) is 3.44. The highest BCUT2D eigenvalue weighted by Gasteiger charge is 2.21. The molecule has 0 saturated heterocycles. The average molecular weight is 392 g/mol. The predicted octanol–water partition coefficient (Wildman–Crippen LogP) is 2.54. The van der Waals surface area contributed by atoms with Crippen molar-refractivity contribution in [1.82, 2.24) is 9.97 Å². The number of aromatic amines is 2. The van der Waals surface area contributed by atoms with Gasteiger partial charge in [-0.2, -0.15) is 0 Å². The highest BCUT2D eigenvalue weighted by molar-refractivity contribution is 6.39. The van der Waals surface area contributed by atoms with Crippen LogP contribution in [0.5, 0.6) is 0 Å². The van der Waals surface area contributed by atoms with Crippen LogP contribution < -0.4 is 22.0 Å². The Balaban J connectivity index is 2.19. The van der Waals surface area contributed by atoms with Crippen LogP contribution in [-0.2, 0) is 0 Å². The van der Waals surface area contributed by atoms with Crippen LogP contribution in [0.3, 0.4) is 0 Å². The topological polar surface area (TPSA) is 81.0 Å². The Hall–Kier alpha value is -3.80. The summed E-state index contributed by atoms with van der Waals surface area (Å²) in [7, 11) is 7.28. The van der Waals surface area contributed by atoms with Crippen LogP contribution >= 0.6 is 0 Å². The van der Waals surface area contributed by atoms with Gasteiger partial charge in [0.15, 0.2) is 0 Å². The lowest BCUT2D eigenvalue weighted by molar-refractivity contribution is 1.09. The fraction of sp³-hybridized carbons (Fsp3) is 0.167. The summed E-state index contributed by atoms with van der Waals surface area (Å²) >= 11 is 0. The standard InChI is InChI=1S/C24H20N6/c1-25-21-17-11-7-5-9-13-15(11)16-12(18(17)22(26-2)29-21)8-6-10-14(16)20-19(13)23(27-3)30-24(20)28-4/h5-10H,1-4H3,(H,25,26,29)(H,27,28,30). The van der Waals surface area contributed by atoms with Crippen LogP contribution in [0.1, 0.15) is 0 Å². The molecule has 2 heterocycles. The number of H-pyrrole nitrogens is 2. The first-order valence-electron chi connectivity index (χ1n) is 9.92. The maximum atomic E-state index is 4.53. The molecule has 2 aromatic heterocycles. The van der Waals surface area contributed by atoms with E-state index < -0.39 is 0 Å². The van der Waals surface area contributed by atoms with Crippen molar-refractivity contribution in [2.75, 3.05) is 28.2 Å². The summed E-state index contributed by atoms with van der Waals surface area (Å²) in [5.74, 6) is 0. The van der Waals surface area contributed by atoms with Gasteiger partial charge in [-0.3, -0.25) is 20.0 Å². The molecular weight excluding hydrogens is 372 g/mol. The fourth-order valence-electron chi connectivity index (χ4n) is 5.14. The van der Waals surface area contributed by atoms with Crippen LogP contribution in [-0.4, -0.2) is 38.2 Å². The second-order valence-corrected chi connectivity index (χ2v) is 7.50. The number of nitrogens with one attached hydrogen (secondary N) is 2. The number of hydrogen-bond acceptors (Lipinski definition) is 4. The molecule has 6 heteroatoms. The van der Waals surface area contributed by atoms with E-state index >= 15 is 0 Å². The van der Waals surface area contributed by atoms with Gasteiger partial charge in [0.25, 0.3) is 0 Å².